The van der Waals surface area contributed by atoms with Crippen LogP contribution in [0.15, 0.2) is 10.7 Å². The molecular weight excluding hydrogens is 252 g/mol. The third-order valence-corrected chi connectivity index (χ3v) is 5.74. The highest BCUT2D eigenvalue weighted by atomic mass is 32.3. The van der Waals surface area contributed by atoms with Gasteiger partial charge in [0.15, 0.2) is 9.84 Å². The van der Waals surface area contributed by atoms with Crippen molar-refractivity contribution in [2.24, 2.45) is 0 Å². The number of thioether (sulfide) groups is 1. The summed E-state index contributed by atoms with van der Waals surface area (Å²) in [6.07, 6.45) is 2.65. The molecule has 0 amide bonds. The average Bonchev–Trinajstić information content (AvgIpc) is 2.64. The number of sulfone groups is 1. The molecule has 16 heavy (non-hydrogen) atoms. The summed E-state index contributed by atoms with van der Waals surface area (Å²) < 4.78 is 27.0. The first kappa shape index (κ1) is 11.5. The summed E-state index contributed by atoms with van der Waals surface area (Å²) in [6.45, 7) is 1.05. The van der Waals surface area contributed by atoms with Gasteiger partial charge in [-0.05, 0) is 11.0 Å². The summed E-state index contributed by atoms with van der Waals surface area (Å²) in [5, 5.41) is 12.6. The van der Waals surface area contributed by atoms with Crippen LogP contribution in [-0.4, -0.2) is 38.1 Å². The maximum atomic E-state index is 11.4. The first-order valence-electron chi connectivity index (χ1n) is 4.63. The van der Waals surface area contributed by atoms with Gasteiger partial charge in [0.2, 0.25) is 0 Å². The summed E-state index contributed by atoms with van der Waals surface area (Å²) in [7, 11) is -3.06. The van der Waals surface area contributed by atoms with E-state index in [0.717, 1.165) is 0 Å². The quantitative estimate of drug-likeness (QED) is 0.625. The lowest BCUT2D eigenvalue weighted by molar-refractivity contribution is -0.763. The second-order valence-electron chi connectivity index (χ2n) is 3.53. The van der Waals surface area contributed by atoms with Crippen LogP contribution in [0.2, 0.25) is 0 Å². The molecule has 2 rings (SSSR count). The lowest BCUT2D eigenvalue weighted by atomic mass is 10.6. The minimum Gasteiger partial charge on any atom is -0.380 e. The zero-order valence-corrected chi connectivity index (χ0v) is 10.3. The van der Waals surface area contributed by atoms with E-state index < -0.39 is 14.4 Å². The largest absolute Gasteiger partial charge is 0.380 e. The number of aromatic nitrogens is 2. The van der Waals surface area contributed by atoms with Gasteiger partial charge < -0.3 is 4.52 Å². The topological polar surface area (TPSA) is 92.4 Å². The van der Waals surface area contributed by atoms with Crippen molar-refractivity contribution in [3.63, 3.8) is 0 Å². The van der Waals surface area contributed by atoms with Gasteiger partial charge >= 0.3 is 0 Å². The standard InChI is InChI=1S/C7H12N4O3S2/c1-16(12,13)7-5-10(2-3-15-7)11-4-6(8)14-9-11/h4,7-8H,2-3,5H2,1H3. The van der Waals surface area contributed by atoms with Crippen LogP contribution in [-0.2, 0) is 9.84 Å². The number of rotatable bonds is 2. The molecule has 1 N–H and O–H groups in total. The normalized spacial score (nSPS) is 22.3. The smallest absolute Gasteiger partial charge is 0.286 e. The molecule has 0 aromatic carbocycles. The van der Waals surface area contributed by atoms with E-state index in [1.807, 2.05) is 0 Å². The van der Waals surface area contributed by atoms with Crippen molar-refractivity contribution >= 4 is 21.6 Å². The highest BCUT2D eigenvalue weighted by Gasteiger charge is 2.28. The molecule has 90 valence electrons. The van der Waals surface area contributed by atoms with Crippen LogP contribution in [0, 0.1) is 5.41 Å². The van der Waals surface area contributed by atoms with Gasteiger partial charge in [-0.2, -0.15) is 0 Å². The molecule has 1 atom stereocenters. The second-order valence-corrected chi connectivity index (χ2v) is 7.37. The van der Waals surface area contributed by atoms with Gasteiger partial charge in [0, 0.05) is 19.3 Å². The van der Waals surface area contributed by atoms with Crippen molar-refractivity contribution < 1.29 is 17.7 Å². The fourth-order valence-corrected chi connectivity index (χ4v) is 4.00. The van der Waals surface area contributed by atoms with E-state index in [9.17, 15) is 8.42 Å². The van der Waals surface area contributed by atoms with Crippen molar-refractivity contribution in [3.8, 4) is 0 Å². The van der Waals surface area contributed by atoms with Crippen molar-refractivity contribution in [1.29, 1.82) is 5.41 Å². The molecule has 1 aliphatic rings. The molecule has 0 radical (unpaired) electrons. The van der Waals surface area contributed by atoms with Crippen LogP contribution in [0.3, 0.4) is 0 Å². The lowest BCUT2D eigenvalue weighted by Crippen LogP contribution is -2.65. The van der Waals surface area contributed by atoms with Crippen LogP contribution >= 0.6 is 11.8 Å². The Morgan fingerprint density at radius 2 is 2.50 bits per heavy atom. The molecule has 1 saturated heterocycles. The zero-order chi connectivity index (χ0) is 11.8. The zero-order valence-electron chi connectivity index (χ0n) is 8.66. The Labute approximate surface area is 96.8 Å². The molecule has 7 nitrogen and oxygen atoms in total. The molecule has 0 aliphatic carbocycles. The van der Waals surface area contributed by atoms with Gasteiger partial charge in [0.05, 0.1) is 0 Å². The van der Waals surface area contributed by atoms with Crippen LogP contribution < -0.4 is 20.6 Å². The molecular formula is C7H12N4O3S2. The molecule has 1 unspecified atom stereocenters. The van der Waals surface area contributed by atoms with E-state index in [0.29, 0.717) is 18.8 Å². The van der Waals surface area contributed by atoms with Crippen molar-refractivity contribution in [2.75, 3.05) is 30.1 Å². The predicted octanol–water partition coefficient (Wildman–Crippen LogP) is -1.94. The third-order valence-electron chi connectivity index (χ3n) is 2.24. The summed E-state index contributed by atoms with van der Waals surface area (Å²) in [5.41, 5.74) is -0.0471. The number of hydrogen-bond donors (Lipinski definition) is 1. The second kappa shape index (κ2) is 4.13. The van der Waals surface area contributed by atoms with Gasteiger partial charge in [-0.25, -0.2) is 8.42 Å². The molecule has 9 heteroatoms. The summed E-state index contributed by atoms with van der Waals surface area (Å²) in [4.78, 5) is 1.39. The fraction of sp³-hybridized carbons (Fsp3) is 0.714. The number of nitrogens with one attached hydrogen (secondary N) is 1. The summed E-state index contributed by atoms with van der Waals surface area (Å²) in [6, 6.07) is 0. The van der Waals surface area contributed by atoms with Crippen molar-refractivity contribution in [3.05, 3.63) is 11.8 Å². The van der Waals surface area contributed by atoms with Crippen LogP contribution in [0.4, 0.5) is 0 Å². The minimum atomic E-state index is -3.06. The molecule has 1 aromatic rings. The Bertz CT molecular complexity index is 520. The number of hydrogen-bond acceptors (Lipinski definition) is 6. The van der Waals surface area contributed by atoms with E-state index >= 15 is 0 Å². The Morgan fingerprint density at radius 1 is 1.75 bits per heavy atom. The highest BCUT2D eigenvalue weighted by molar-refractivity contribution is 8.13. The van der Waals surface area contributed by atoms with E-state index in [1.165, 1.54) is 29.0 Å². The Hall–Kier alpha value is -0.960. The first-order chi connectivity index (χ1) is 7.47. The van der Waals surface area contributed by atoms with E-state index in [4.69, 9.17) is 5.41 Å². The average molecular weight is 264 g/mol. The first-order valence-corrected chi connectivity index (χ1v) is 7.63. The van der Waals surface area contributed by atoms with Gasteiger partial charge in [0.25, 0.3) is 11.8 Å². The maximum Gasteiger partial charge on any atom is 0.286 e. The SMILES string of the molecule is CS(=O)(=O)C1CN([n+]2cc(=N)o[n-]2)CCS1. The molecule has 0 bridgehead atoms. The molecule has 2 heterocycles. The molecule has 1 fully saturated rings. The minimum absolute atomic E-state index is 0.0471. The van der Waals surface area contributed by atoms with Gasteiger partial charge in [-0.3, -0.25) is 10.4 Å². The van der Waals surface area contributed by atoms with Crippen LogP contribution in [0.25, 0.3) is 0 Å². The van der Waals surface area contributed by atoms with E-state index in [2.05, 4.69) is 9.79 Å². The molecule has 0 saturated carbocycles. The van der Waals surface area contributed by atoms with Crippen LogP contribution in [0.1, 0.15) is 0 Å². The Balaban J connectivity index is 2.16. The van der Waals surface area contributed by atoms with Crippen molar-refractivity contribution in [2.45, 2.75) is 4.58 Å². The molecule has 0 spiro atoms. The lowest BCUT2D eigenvalue weighted by Gasteiger charge is -2.31. The summed E-state index contributed by atoms with van der Waals surface area (Å²) in [5.74, 6) is 0.713. The highest BCUT2D eigenvalue weighted by Crippen LogP contribution is 2.20. The summed E-state index contributed by atoms with van der Waals surface area (Å²) >= 11 is 1.43. The van der Waals surface area contributed by atoms with E-state index in [-0.39, 0.29) is 5.55 Å². The third kappa shape index (κ3) is 2.40. The Morgan fingerprint density at radius 3 is 3.06 bits per heavy atom. The molecule has 1 aromatic heterocycles. The van der Waals surface area contributed by atoms with Gasteiger partial charge in [0.1, 0.15) is 4.58 Å². The number of nitrogens with zero attached hydrogens (tertiary/aromatic N) is 3. The fourth-order valence-electron chi connectivity index (χ4n) is 1.42. The monoisotopic (exact) mass is 264 g/mol. The van der Waals surface area contributed by atoms with Gasteiger partial charge in [-0.1, -0.05) is 4.79 Å². The van der Waals surface area contributed by atoms with Crippen LogP contribution in [0.5, 0.6) is 0 Å². The van der Waals surface area contributed by atoms with Gasteiger partial charge in [-0.15, -0.1) is 11.8 Å². The van der Waals surface area contributed by atoms with E-state index in [1.54, 1.807) is 5.01 Å². The predicted molar refractivity (Wildman–Crippen MR) is 57.1 cm³/mol. The maximum absolute atomic E-state index is 11.4. The molecule has 1 aliphatic heterocycles. The Kier molecular flexibility index (Phi) is 2.98. The van der Waals surface area contributed by atoms with Crippen molar-refractivity contribution in [1.82, 2.24) is 5.27 Å².